The number of para-hydroxylation sites is 1. The van der Waals surface area contributed by atoms with Gasteiger partial charge < -0.3 is 15.5 Å². The third-order valence-corrected chi connectivity index (χ3v) is 2.69. The maximum absolute atomic E-state index is 11.2. The fourth-order valence-corrected chi connectivity index (χ4v) is 1.86. The highest BCUT2D eigenvalue weighted by atomic mass is 16.4. The standard InChI is InChI=1S/C12H13NO3/c1-12(2)10(14)9(11(15)16)7-5-3-4-6-8(7)13-12/h3-6,13-14H,1-2H3,(H,15,16). The molecule has 2 rings (SSSR count). The zero-order chi connectivity index (χ0) is 11.9. The van der Waals surface area contributed by atoms with Crippen LogP contribution >= 0.6 is 0 Å². The molecule has 1 heterocycles. The quantitative estimate of drug-likeness (QED) is 0.677. The number of benzene rings is 1. The van der Waals surface area contributed by atoms with Crippen LogP contribution in [0.15, 0.2) is 30.0 Å². The molecule has 4 heteroatoms. The number of carboxylic acids is 1. The van der Waals surface area contributed by atoms with Gasteiger partial charge in [-0.1, -0.05) is 18.2 Å². The van der Waals surface area contributed by atoms with Gasteiger partial charge in [-0.05, 0) is 19.9 Å². The molecule has 1 aromatic rings. The van der Waals surface area contributed by atoms with Crippen molar-refractivity contribution in [2.24, 2.45) is 0 Å². The Morgan fingerprint density at radius 1 is 1.31 bits per heavy atom. The Bertz CT molecular complexity index is 489. The minimum Gasteiger partial charge on any atom is -0.509 e. The van der Waals surface area contributed by atoms with E-state index in [9.17, 15) is 9.90 Å². The van der Waals surface area contributed by atoms with Gasteiger partial charge in [-0.2, -0.15) is 0 Å². The highest BCUT2D eigenvalue weighted by Crippen LogP contribution is 2.37. The third kappa shape index (κ3) is 1.43. The lowest BCUT2D eigenvalue weighted by Crippen LogP contribution is -2.38. The number of hydrogen-bond donors (Lipinski definition) is 3. The maximum atomic E-state index is 11.2. The van der Waals surface area contributed by atoms with Crippen molar-refractivity contribution in [2.45, 2.75) is 19.4 Å². The first kappa shape index (κ1) is 10.5. The van der Waals surface area contributed by atoms with Crippen molar-refractivity contribution >= 4 is 17.2 Å². The number of hydrogen-bond acceptors (Lipinski definition) is 3. The van der Waals surface area contributed by atoms with Crippen molar-refractivity contribution in [2.75, 3.05) is 5.32 Å². The lowest BCUT2D eigenvalue weighted by molar-refractivity contribution is -0.130. The molecule has 0 atom stereocenters. The Kier molecular flexibility index (Phi) is 2.15. The molecule has 0 unspecified atom stereocenters. The summed E-state index contributed by atoms with van der Waals surface area (Å²) >= 11 is 0. The van der Waals surface area contributed by atoms with Gasteiger partial charge in [0.05, 0.1) is 5.54 Å². The lowest BCUT2D eigenvalue weighted by atomic mass is 9.88. The second kappa shape index (κ2) is 3.27. The van der Waals surface area contributed by atoms with Crippen LogP contribution in [0.25, 0.3) is 5.57 Å². The SMILES string of the molecule is CC1(C)Nc2ccccc2C(C(=O)O)=C1O. The molecule has 0 spiro atoms. The van der Waals surface area contributed by atoms with Crippen molar-refractivity contribution in [1.29, 1.82) is 0 Å². The van der Waals surface area contributed by atoms with Crippen LogP contribution in [-0.4, -0.2) is 21.7 Å². The summed E-state index contributed by atoms with van der Waals surface area (Å²) in [5, 5.41) is 22.2. The van der Waals surface area contributed by atoms with E-state index < -0.39 is 11.5 Å². The number of fused-ring (bicyclic) bond motifs is 1. The third-order valence-electron chi connectivity index (χ3n) is 2.69. The Hall–Kier alpha value is -1.97. The number of aliphatic carboxylic acids is 1. The highest BCUT2D eigenvalue weighted by Gasteiger charge is 2.35. The van der Waals surface area contributed by atoms with E-state index in [1.807, 2.05) is 6.07 Å². The minimum absolute atomic E-state index is 0.0284. The molecule has 84 valence electrons. The molecule has 0 saturated heterocycles. The predicted octanol–water partition coefficient (Wildman–Crippen LogP) is 2.24. The fourth-order valence-electron chi connectivity index (χ4n) is 1.86. The first-order valence-electron chi connectivity index (χ1n) is 4.98. The summed E-state index contributed by atoms with van der Waals surface area (Å²) in [5.41, 5.74) is 0.455. The highest BCUT2D eigenvalue weighted by molar-refractivity contribution is 6.19. The number of nitrogens with one attached hydrogen (secondary N) is 1. The molecule has 0 radical (unpaired) electrons. The van der Waals surface area contributed by atoms with Gasteiger partial charge in [0.15, 0.2) is 0 Å². The monoisotopic (exact) mass is 219 g/mol. The van der Waals surface area contributed by atoms with E-state index >= 15 is 0 Å². The van der Waals surface area contributed by atoms with Crippen molar-refractivity contribution in [3.63, 3.8) is 0 Å². The van der Waals surface area contributed by atoms with Crippen molar-refractivity contribution in [3.05, 3.63) is 35.6 Å². The van der Waals surface area contributed by atoms with E-state index in [1.54, 1.807) is 32.0 Å². The van der Waals surface area contributed by atoms with Crippen LogP contribution in [-0.2, 0) is 4.79 Å². The van der Waals surface area contributed by atoms with Crippen LogP contribution in [0.4, 0.5) is 5.69 Å². The van der Waals surface area contributed by atoms with Crippen LogP contribution in [0.2, 0.25) is 0 Å². The van der Waals surface area contributed by atoms with Gasteiger partial charge in [-0.3, -0.25) is 0 Å². The molecular weight excluding hydrogens is 206 g/mol. The van der Waals surface area contributed by atoms with Gasteiger partial charge in [0.1, 0.15) is 11.3 Å². The lowest BCUT2D eigenvalue weighted by Gasteiger charge is -2.33. The van der Waals surface area contributed by atoms with Crippen molar-refractivity contribution in [1.82, 2.24) is 0 Å². The zero-order valence-electron chi connectivity index (χ0n) is 9.11. The zero-order valence-corrected chi connectivity index (χ0v) is 9.11. The number of rotatable bonds is 1. The smallest absolute Gasteiger partial charge is 0.339 e. The van der Waals surface area contributed by atoms with E-state index in [2.05, 4.69) is 5.32 Å². The summed E-state index contributed by atoms with van der Waals surface area (Å²) < 4.78 is 0. The number of carboxylic acid groups (broad SMARTS) is 1. The summed E-state index contributed by atoms with van der Waals surface area (Å²) in [4.78, 5) is 11.2. The Morgan fingerprint density at radius 3 is 2.56 bits per heavy atom. The Labute approximate surface area is 93.2 Å². The van der Waals surface area contributed by atoms with Gasteiger partial charge >= 0.3 is 5.97 Å². The van der Waals surface area contributed by atoms with E-state index in [1.165, 1.54) is 0 Å². The maximum Gasteiger partial charge on any atom is 0.339 e. The minimum atomic E-state index is -1.11. The second-order valence-corrected chi connectivity index (χ2v) is 4.32. The Morgan fingerprint density at radius 2 is 1.94 bits per heavy atom. The normalized spacial score (nSPS) is 17.6. The summed E-state index contributed by atoms with van der Waals surface area (Å²) in [6, 6.07) is 7.04. The van der Waals surface area contributed by atoms with Crippen molar-refractivity contribution in [3.8, 4) is 0 Å². The topological polar surface area (TPSA) is 69.6 Å². The molecular formula is C12H13NO3. The molecule has 0 aromatic heterocycles. The number of anilines is 1. The van der Waals surface area contributed by atoms with Gasteiger partial charge in [-0.15, -0.1) is 0 Å². The summed E-state index contributed by atoms with van der Waals surface area (Å²) in [6.07, 6.45) is 0. The number of aliphatic hydroxyl groups is 1. The summed E-state index contributed by atoms with van der Waals surface area (Å²) in [5.74, 6) is -1.25. The van der Waals surface area contributed by atoms with Crippen LogP contribution in [0.5, 0.6) is 0 Å². The van der Waals surface area contributed by atoms with Gasteiger partial charge in [-0.25, -0.2) is 4.79 Å². The molecule has 0 amide bonds. The molecule has 0 aliphatic carbocycles. The molecule has 4 nitrogen and oxygen atoms in total. The molecule has 0 saturated carbocycles. The average Bonchev–Trinajstić information content (AvgIpc) is 2.18. The number of aliphatic hydroxyl groups excluding tert-OH is 1. The average molecular weight is 219 g/mol. The fraction of sp³-hybridized carbons (Fsp3) is 0.250. The van der Waals surface area contributed by atoms with E-state index in [-0.39, 0.29) is 11.3 Å². The Balaban J connectivity index is 2.72. The molecule has 1 aliphatic heterocycles. The predicted molar refractivity (Wildman–Crippen MR) is 61.3 cm³/mol. The second-order valence-electron chi connectivity index (χ2n) is 4.32. The number of carbonyl (C=O) groups is 1. The van der Waals surface area contributed by atoms with Gasteiger partial charge in [0.2, 0.25) is 0 Å². The molecule has 3 N–H and O–H groups in total. The molecule has 0 bridgehead atoms. The van der Waals surface area contributed by atoms with E-state index in [0.29, 0.717) is 5.56 Å². The van der Waals surface area contributed by atoms with Crippen LogP contribution < -0.4 is 5.32 Å². The molecule has 0 fully saturated rings. The van der Waals surface area contributed by atoms with Gasteiger partial charge in [0, 0.05) is 11.3 Å². The van der Waals surface area contributed by atoms with Crippen molar-refractivity contribution < 1.29 is 15.0 Å². The molecule has 1 aromatic carbocycles. The van der Waals surface area contributed by atoms with Crippen LogP contribution in [0.3, 0.4) is 0 Å². The summed E-state index contributed by atoms with van der Waals surface area (Å²) in [7, 11) is 0. The molecule has 16 heavy (non-hydrogen) atoms. The van der Waals surface area contributed by atoms with E-state index in [4.69, 9.17) is 5.11 Å². The first-order chi connectivity index (χ1) is 7.43. The van der Waals surface area contributed by atoms with Crippen LogP contribution in [0.1, 0.15) is 19.4 Å². The first-order valence-corrected chi connectivity index (χ1v) is 4.98. The molecule has 1 aliphatic rings. The largest absolute Gasteiger partial charge is 0.509 e. The summed E-state index contributed by atoms with van der Waals surface area (Å²) in [6.45, 7) is 3.47. The van der Waals surface area contributed by atoms with E-state index in [0.717, 1.165) is 5.69 Å². The van der Waals surface area contributed by atoms with Crippen LogP contribution in [0, 0.1) is 0 Å². The van der Waals surface area contributed by atoms with Gasteiger partial charge in [0.25, 0.3) is 0 Å².